The van der Waals surface area contributed by atoms with Crippen molar-refractivity contribution in [2.45, 2.75) is 25.6 Å². The van der Waals surface area contributed by atoms with Crippen LogP contribution in [0.15, 0.2) is 36.7 Å². The fourth-order valence-electron chi connectivity index (χ4n) is 2.45. The van der Waals surface area contributed by atoms with Crippen molar-refractivity contribution in [1.82, 2.24) is 14.7 Å². The number of hydrogen-bond donors (Lipinski definition) is 2. The van der Waals surface area contributed by atoms with Crippen LogP contribution in [0.5, 0.6) is 0 Å². The van der Waals surface area contributed by atoms with Crippen LogP contribution in [0.1, 0.15) is 22.9 Å². The molecule has 0 saturated heterocycles. The van der Waals surface area contributed by atoms with Crippen LogP contribution in [0.4, 0.5) is 5.82 Å². The number of fused-ring (bicyclic) bond motifs is 1. The Morgan fingerprint density at radius 3 is 2.52 bits per heavy atom. The number of nitrogens with one attached hydrogen (secondary N) is 2. The molecular weight excluding hydrogens is 356 g/mol. The van der Waals surface area contributed by atoms with E-state index in [0.717, 1.165) is 33.6 Å². The molecule has 0 saturated carbocycles. The first-order chi connectivity index (χ1) is 12.0. The van der Waals surface area contributed by atoms with Gasteiger partial charge in [-0.1, -0.05) is 31.2 Å². The van der Waals surface area contributed by atoms with Crippen LogP contribution >= 0.6 is 11.3 Å². The average molecular weight is 377 g/mol. The van der Waals surface area contributed by atoms with Crippen LogP contribution in [-0.2, 0) is 28.7 Å². The number of anilines is 1. The molecule has 2 N–H and O–H groups in total. The third-order valence-corrected chi connectivity index (χ3v) is 6.40. The minimum Gasteiger partial charge on any atom is -0.365 e. The molecule has 0 fully saturated rings. The van der Waals surface area contributed by atoms with Gasteiger partial charge in [0.05, 0.1) is 11.1 Å². The zero-order valence-electron chi connectivity index (χ0n) is 14.1. The molecule has 3 aromatic rings. The number of nitrogens with zero attached hydrogens (tertiary/aromatic N) is 2. The van der Waals surface area contributed by atoms with Crippen molar-refractivity contribution in [3.63, 3.8) is 0 Å². The number of hydrogen-bond acceptors (Lipinski definition) is 6. The van der Waals surface area contributed by atoms with Gasteiger partial charge in [-0.25, -0.2) is 23.1 Å². The summed E-state index contributed by atoms with van der Waals surface area (Å²) in [7, 11) is -1.83. The molecule has 132 valence electrons. The number of thiophene rings is 1. The molecule has 3 rings (SSSR count). The SMILES string of the molecule is CCc1cc2c(NCc3ccc(CS(=O)(=O)NC)cc3)ncnc2s1. The third-order valence-electron chi connectivity index (χ3n) is 3.88. The van der Waals surface area contributed by atoms with E-state index in [9.17, 15) is 8.42 Å². The van der Waals surface area contributed by atoms with Gasteiger partial charge < -0.3 is 5.32 Å². The van der Waals surface area contributed by atoms with Crippen molar-refractivity contribution >= 4 is 37.4 Å². The second-order valence-corrected chi connectivity index (χ2v) is 8.68. The highest BCUT2D eigenvalue weighted by molar-refractivity contribution is 7.88. The Balaban J connectivity index is 1.71. The summed E-state index contributed by atoms with van der Waals surface area (Å²) in [5, 5.41) is 4.39. The molecule has 25 heavy (non-hydrogen) atoms. The summed E-state index contributed by atoms with van der Waals surface area (Å²) < 4.78 is 25.5. The molecular formula is C17H20N4O2S2. The zero-order valence-corrected chi connectivity index (χ0v) is 15.7. The van der Waals surface area contributed by atoms with Gasteiger partial charge >= 0.3 is 0 Å². The second-order valence-electron chi connectivity index (χ2n) is 5.64. The summed E-state index contributed by atoms with van der Waals surface area (Å²) in [6, 6.07) is 9.66. The number of benzene rings is 1. The molecule has 0 atom stereocenters. The van der Waals surface area contributed by atoms with E-state index in [-0.39, 0.29) is 5.75 Å². The summed E-state index contributed by atoms with van der Waals surface area (Å²) >= 11 is 1.69. The van der Waals surface area contributed by atoms with Crippen molar-refractivity contribution in [2.75, 3.05) is 12.4 Å². The predicted octanol–water partition coefficient (Wildman–Crippen LogP) is 2.92. The van der Waals surface area contributed by atoms with Gasteiger partial charge in [0.15, 0.2) is 0 Å². The Labute approximate surface area is 151 Å². The maximum Gasteiger partial charge on any atom is 0.215 e. The van der Waals surface area contributed by atoms with Crippen molar-refractivity contribution in [2.24, 2.45) is 0 Å². The lowest BCUT2D eigenvalue weighted by Crippen LogP contribution is -2.20. The van der Waals surface area contributed by atoms with Crippen molar-refractivity contribution in [3.05, 3.63) is 52.7 Å². The molecule has 0 spiro atoms. The van der Waals surface area contributed by atoms with Crippen molar-refractivity contribution in [3.8, 4) is 0 Å². The van der Waals surface area contributed by atoms with E-state index in [2.05, 4.69) is 33.0 Å². The lowest BCUT2D eigenvalue weighted by Gasteiger charge is -2.08. The molecule has 6 nitrogen and oxygen atoms in total. The van der Waals surface area contributed by atoms with Gasteiger partial charge in [0.25, 0.3) is 0 Å². The van der Waals surface area contributed by atoms with Crippen LogP contribution < -0.4 is 10.0 Å². The van der Waals surface area contributed by atoms with Crippen LogP contribution in [0.25, 0.3) is 10.2 Å². The molecule has 0 bridgehead atoms. The summed E-state index contributed by atoms with van der Waals surface area (Å²) in [4.78, 5) is 10.9. The normalized spacial score (nSPS) is 11.8. The fourth-order valence-corrected chi connectivity index (χ4v) is 4.16. The molecule has 2 heterocycles. The van der Waals surface area contributed by atoms with E-state index in [4.69, 9.17) is 0 Å². The highest BCUT2D eigenvalue weighted by Crippen LogP contribution is 2.28. The molecule has 0 aliphatic heterocycles. The smallest absolute Gasteiger partial charge is 0.215 e. The molecule has 0 radical (unpaired) electrons. The monoisotopic (exact) mass is 376 g/mol. The quantitative estimate of drug-likeness (QED) is 0.662. The minimum atomic E-state index is -3.25. The predicted molar refractivity (Wildman–Crippen MR) is 102 cm³/mol. The maximum absolute atomic E-state index is 11.6. The van der Waals surface area contributed by atoms with E-state index in [1.807, 2.05) is 24.3 Å². The van der Waals surface area contributed by atoms with Crippen molar-refractivity contribution < 1.29 is 8.42 Å². The topological polar surface area (TPSA) is 84.0 Å². The molecule has 8 heteroatoms. The standard InChI is InChI=1S/C17H20N4O2S2/c1-3-14-8-15-16(20-11-21-17(15)24-14)19-9-12-4-6-13(7-5-12)10-25(22,23)18-2/h4-8,11,18H,3,9-10H2,1-2H3,(H,19,20,21). The summed E-state index contributed by atoms with van der Waals surface area (Å²) in [5.41, 5.74) is 1.82. The lowest BCUT2D eigenvalue weighted by molar-refractivity contribution is 0.587. The maximum atomic E-state index is 11.6. The minimum absolute atomic E-state index is 0.0154. The Morgan fingerprint density at radius 2 is 1.84 bits per heavy atom. The van der Waals surface area contributed by atoms with Gasteiger partial charge in [-0.05, 0) is 30.7 Å². The van der Waals surface area contributed by atoms with Crippen molar-refractivity contribution in [1.29, 1.82) is 0 Å². The van der Waals surface area contributed by atoms with Crippen LogP contribution in [0.2, 0.25) is 0 Å². The van der Waals surface area contributed by atoms with Gasteiger partial charge in [-0.3, -0.25) is 0 Å². The van der Waals surface area contributed by atoms with Crippen LogP contribution in [-0.4, -0.2) is 25.4 Å². The highest BCUT2D eigenvalue weighted by Gasteiger charge is 2.09. The van der Waals surface area contributed by atoms with E-state index in [1.165, 1.54) is 11.9 Å². The Kier molecular flexibility index (Phi) is 5.31. The Morgan fingerprint density at radius 1 is 1.12 bits per heavy atom. The van der Waals surface area contributed by atoms with E-state index < -0.39 is 10.0 Å². The lowest BCUT2D eigenvalue weighted by atomic mass is 10.1. The van der Waals surface area contributed by atoms with Gasteiger partial charge in [0.2, 0.25) is 10.0 Å². The molecule has 0 amide bonds. The number of rotatable bonds is 7. The van der Waals surface area contributed by atoms with Gasteiger partial charge in [0, 0.05) is 11.4 Å². The third kappa shape index (κ3) is 4.33. The first kappa shape index (κ1) is 17.8. The van der Waals surface area contributed by atoms with Gasteiger partial charge in [-0.2, -0.15) is 0 Å². The van der Waals surface area contributed by atoms with Gasteiger partial charge in [-0.15, -0.1) is 11.3 Å². The zero-order chi connectivity index (χ0) is 17.9. The summed E-state index contributed by atoms with van der Waals surface area (Å²) in [6.07, 6.45) is 2.56. The largest absolute Gasteiger partial charge is 0.365 e. The highest BCUT2D eigenvalue weighted by atomic mass is 32.2. The number of aryl methyl sites for hydroxylation is 1. The first-order valence-electron chi connectivity index (χ1n) is 7.97. The van der Waals surface area contributed by atoms with E-state index in [1.54, 1.807) is 17.7 Å². The van der Waals surface area contributed by atoms with Crippen LogP contribution in [0, 0.1) is 0 Å². The van der Waals surface area contributed by atoms with Crippen LogP contribution in [0.3, 0.4) is 0 Å². The fraction of sp³-hybridized carbons (Fsp3) is 0.294. The second kappa shape index (κ2) is 7.47. The first-order valence-corrected chi connectivity index (χ1v) is 10.4. The Bertz CT molecular complexity index is 966. The average Bonchev–Trinajstić information content (AvgIpc) is 3.05. The molecule has 2 aromatic heterocycles. The molecule has 0 unspecified atom stereocenters. The molecule has 1 aromatic carbocycles. The Hall–Kier alpha value is -2.03. The molecule has 0 aliphatic rings. The number of aromatic nitrogens is 2. The van der Waals surface area contributed by atoms with Gasteiger partial charge in [0.1, 0.15) is 17.0 Å². The molecule has 0 aliphatic carbocycles. The number of sulfonamides is 1. The summed E-state index contributed by atoms with van der Waals surface area (Å²) in [5.74, 6) is 0.807. The summed E-state index contributed by atoms with van der Waals surface area (Å²) in [6.45, 7) is 2.74. The van der Waals surface area contributed by atoms with E-state index in [0.29, 0.717) is 6.54 Å². The van der Waals surface area contributed by atoms with E-state index >= 15 is 0 Å².